The van der Waals surface area contributed by atoms with Crippen molar-refractivity contribution in [2.24, 2.45) is 0 Å². The van der Waals surface area contributed by atoms with Crippen LogP contribution in [-0.4, -0.2) is 44.7 Å². The average Bonchev–Trinajstić information content (AvgIpc) is 3.27. The first-order valence-electron chi connectivity index (χ1n) is 8.70. The molecule has 1 aromatic heterocycles. The van der Waals surface area contributed by atoms with E-state index in [9.17, 15) is 9.59 Å². The van der Waals surface area contributed by atoms with Gasteiger partial charge in [-0.1, -0.05) is 18.2 Å². The first-order valence-corrected chi connectivity index (χ1v) is 9.58. The molecule has 0 N–H and O–H groups in total. The van der Waals surface area contributed by atoms with Crippen LogP contribution >= 0.6 is 11.3 Å². The van der Waals surface area contributed by atoms with Crippen LogP contribution in [0.15, 0.2) is 53.9 Å². The Morgan fingerprint density at radius 1 is 1.03 bits per heavy atom. The van der Waals surface area contributed by atoms with Crippen LogP contribution in [0.1, 0.15) is 10.5 Å². The molecule has 7 nitrogen and oxygen atoms in total. The summed E-state index contributed by atoms with van der Waals surface area (Å²) in [4.78, 5) is 30.3. The number of para-hydroxylation sites is 1. The molecule has 29 heavy (non-hydrogen) atoms. The average molecular weight is 412 g/mol. The predicted molar refractivity (Wildman–Crippen MR) is 111 cm³/mol. The first-order chi connectivity index (χ1) is 14.0. The number of amides is 1. The molecule has 0 radical (unpaired) electrons. The molecule has 0 aliphatic carbocycles. The highest BCUT2D eigenvalue weighted by atomic mass is 32.1. The molecule has 2 aromatic carbocycles. The molecule has 1 heterocycles. The van der Waals surface area contributed by atoms with Gasteiger partial charge in [0.15, 0.2) is 23.8 Å². The van der Waals surface area contributed by atoms with E-state index in [0.29, 0.717) is 16.5 Å². The van der Waals surface area contributed by atoms with Gasteiger partial charge in [0, 0.05) is 23.7 Å². The number of carbonyl (C=O) groups excluding carboxylic acids is 2. The van der Waals surface area contributed by atoms with Crippen LogP contribution in [0.25, 0.3) is 10.6 Å². The lowest BCUT2D eigenvalue weighted by Gasteiger charge is -2.16. The molecule has 0 spiro atoms. The van der Waals surface area contributed by atoms with Gasteiger partial charge in [0.05, 0.1) is 14.2 Å². The van der Waals surface area contributed by atoms with Gasteiger partial charge in [0.25, 0.3) is 5.91 Å². The second-order valence-corrected chi connectivity index (χ2v) is 6.83. The fourth-order valence-corrected chi connectivity index (χ4v) is 3.35. The number of carbonyl (C=O) groups is 2. The molecule has 0 saturated carbocycles. The Morgan fingerprint density at radius 2 is 1.76 bits per heavy atom. The number of benzene rings is 2. The predicted octanol–water partition coefficient (Wildman–Crippen LogP) is 3.65. The first kappa shape index (κ1) is 20.3. The van der Waals surface area contributed by atoms with Crippen LogP contribution < -0.4 is 14.4 Å². The highest BCUT2D eigenvalue weighted by molar-refractivity contribution is 7.13. The summed E-state index contributed by atoms with van der Waals surface area (Å²) in [6.07, 6.45) is 0. The number of hydrogen-bond donors (Lipinski definition) is 0. The van der Waals surface area contributed by atoms with Gasteiger partial charge >= 0.3 is 5.97 Å². The number of thiazole rings is 1. The molecule has 3 rings (SSSR count). The molecule has 8 heteroatoms. The smallest absolute Gasteiger partial charge is 0.358 e. The Hall–Kier alpha value is -3.39. The Labute approximate surface area is 172 Å². The van der Waals surface area contributed by atoms with Crippen LogP contribution in [0.2, 0.25) is 0 Å². The highest BCUT2D eigenvalue weighted by Crippen LogP contribution is 2.33. The number of rotatable bonds is 7. The van der Waals surface area contributed by atoms with E-state index in [1.165, 1.54) is 16.2 Å². The SMILES string of the molecule is COc1ccc(-c2nc(C(=O)OCC(=O)N(C)c3ccccc3)cs2)cc1OC. The van der Waals surface area contributed by atoms with Crippen LogP contribution in [0.4, 0.5) is 5.69 Å². The minimum atomic E-state index is -0.650. The Balaban J connectivity index is 1.64. The lowest BCUT2D eigenvalue weighted by Crippen LogP contribution is -2.31. The molecular formula is C21H20N2O5S. The Morgan fingerprint density at radius 3 is 2.45 bits per heavy atom. The van der Waals surface area contributed by atoms with E-state index in [-0.39, 0.29) is 18.2 Å². The maximum atomic E-state index is 12.3. The maximum absolute atomic E-state index is 12.3. The fourth-order valence-electron chi connectivity index (χ4n) is 2.56. The number of esters is 1. The zero-order valence-electron chi connectivity index (χ0n) is 16.2. The Bertz CT molecular complexity index is 1000. The van der Waals surface area contributed by atoms with Crippen molar-refractivity contribution in [2.75, 3.05) is 32.8 Å². The number of ether oxygens (including phenoxy) is 3. The van der Waals surface area contributed by atoms with Crippen molar-refractivity contribution in [2.45, 2.75) is 0 Å². The number of hydrogen-bond acceptors (Lipinski definition) is 7. The minimum absolute atomic E-state index is 0.148. The number of aromatic nitrogens is 1. The van der Waals surface area contributed by atoms with Crippen molar-refractivity contribution in [1.82, 2.24) is 4.98 Å². The van der Waals surface area contributed by atoms with Gasteiger partial charge in [-0.25, -0.2) is 9.78 Å². The summed E-state index contributed by atoms with van der Waals surface area (Å²) in [5.41, 5.74) is 1.65. The minimum Gasteiger partial charge on any atom is -0.493 e. The van der Waals surface area contributed by atoms with Gasteiger partial charge in [-0.05, 0) is 30.3 Å². The molecule has 0 aliphatic rings. The maximum Gasteiger partial charge on any atom is 0.358 e. The molecule has 0 bridgehead atoms. The van der Waals surface area contributed by atoms with E-state index in [2.05, 4.69) is 4.98 Å². The monoisotopic (exact) mass is 412 g/mol. The fraction of sp³-hybridized carbons (Fsp3) is 0.190. The topological polar surface area (TPSA) is 78.0 Å². The second-order valence-electron chi connectivity index (χ2n) is 5.97. The summed E-state index contributed by atoms with van der Waals surface area (Å²) in [5, 5.41) is 2.23. The van der Waals surface area contributed by atoms with E-state index in [1.54, 1.807) is 50.9 Å². The van der Waals surface area contributed by atoms with Gasteiger partial charge < -0.3 is 19.1 Å². The van der Waals surface area contributed by atoms with Gasteiger partial charge in [-0.3, -0.25) is 4.79 Å². The second kappa shape index (κ2) is 9.20. The molecule has 3 aromatic rings. The zero-order chi connectivity index (χ0) is 20.8. The zero-order valence-corrected chi connectivity index (χ0v) is 17.1. The summed E-state index contributed by atoms with van der Waals surface area (Å²) in [6.45, 7) is -0.368. The lowest BCUT2D eigenvalue weighted by atomic mass is 10.2. The van der Waals surface area contributed by atoms with Crippen molar-refractivity contribution in [3.8, 4) is 22.1 Å². The third kappa shape index (κ3) is 4.72. The standard InChI is InChI=1S/C21H20N2O5S/c1-23(15-7-5-4-6-8-15)19(24)12-28-21(25)16-13-29-20(22-16)14-9-10-17(26-2)18(11-14)27-3/h4-11,13H,12H2,1-3H3. The third-order valence-corrected chi connectivity index (χ3v) is 5.08. The molecule has 0 atom stereocenters. The summed E-state index contributed by atoms with van der Waals surface area (Å²) >= 11 is 1.30. The molecule has 150 valence electrons. The van der Waals surface area contributed by atoms with Gasteiger partial charge in [-0.15, -0.1) is 11.3 Å². The highest BCUT2D eigenvalue weighted by Gasteiger charge is 2.18. The van der Waals surface area contributed by atoms with Gasteiger partial charge in [0.2, 0.25) is 0 Å². The van der Waals surface area contributed by atoms with Gasteiger partial charge in [0.1, 0.15) is 5.01 Å². The van der Waals surface area contributed by atoms with Crippen molar-refractivity contribution < 1.29 is 23.8 Å². The molecule has 0 unspecified atom stereocenters. The van der Waals surface area contributed by atoms with Crippen LogP contribution in [0, 0.1) is 0 Å². The molecular weight excluding hydrogens is 392 g/mol. The quantitative estimate of drug-likeness (QED) is 0.551. The van der Waals surface area contributed by atoms with Crippen LogP contribution in [0.3, 0.4) is 0 Å². The molecule has 0 aliphatic heterocycles. The molecule has 1 amide bonds. The van der Waals surface area contributed by atoms with Gasteiger partial charge in [-0.2, -0.15) is 0 Å². The summed E-state index contributed by atoms with van der Waals surface area (Å²) in [5.74, 6) is 0.190. The van der Waals surface area contributed by atoms with Crippen LogP contribution in [0.5, 0.6) is 11.5 Å². The normalized spacial score (nSPS) is 10.3. The summed E-state index contributed by atoms with van der Waals surface area (Å²) < 4.78 is 15.7. The summed E-state index contributed by atoms with van der Waals surface area (Å²) in [7, 11) is 4.74. The van der Waals surface area contributed by atoms with E-state index < -0.39 is 5.97 Å². The number of anilines is 1. The Kier molecular flexibility index (Phi) is 6.46. The van der Waals surface area contributed by atoms with Crippen molar-refractivity contribution in [3.63, 3.8) is 0 Å². The lowest BCUT2D eigenvalue weighted by molar-refractivity contribution is -0.121. The van der Waals surface area contributed by atoms with Crippen molar-refractivity contribution in [3.05, 3.63) is 59.6 Å². The number of nitrogens with zero attached hydrogens (tertiary/aromatic N) is 2. The largest absolute Gasteiger partial charge is 0.493 e. The van der Waals surface area contributed by atoms with E-state index in [1.807, 2.05) is 24.3 Å². The van der Waals surface area contributed by atoms with Crippen LogP contribution in [-0.2, 0) is 9.53 Å². The number of methoxy groups -OCH3 is 2. The van der Waals surface area contributed by atoms with E-state index in [0.717, 1.165) is 11.3 Å². The number of likely N-dealkylation sites (N-methyl/N-ethyl adjacent to an activating group) is 1. The molecule has 0 saturated heterocycles. The van der Waals surface area contributed by atoms with Crippen molar-refractivity contribution in [1.29, 1.82) is 0 Å². The van der Waals surface area contributed by atoms with E-state index >= 15 is 0 Å². The van der Waals surface area contributed by atoms with E-state index in [4.69, 9.17) is 14.2 Å². The third-order valence-electron chi connectivity index (χ3n) is 4.19. The summed E-state index contributed by atoms with van der Waals surface area (Å²) in [6, 6.07) is 14.5. The van der Waals surface area contributed by atoms with Crippen molar-refractivity contribution >= 4 is 28.9 Å². The molecule has 0 fully saturated rings.